The van der Waals surface area contributed by atoms with Crippen LogP contribution in [0.2, 0.25) is 0 Å². The highest BCUT2D eigenvalue weighted by molar-refractivity contribution is 5.96. The molecule has 0 spiro atoms. The first-order valence-corrected chi connectivity index (χ1v) is 8.16. The topological polar surface area (TPSA) is 60.1 Å². The number of halogens is 2. The van der Waals surface area contributed by atoms with Crippen molar-refractivity contribution < 1.29 is 18.1 Å². The molecule has 2 heterocycles. The molecule has 136 valence electrons. The molecule has 0 aliphatic rings. The third-order valence-corrected chi connectivity index (χ3v) is 4.30. The molecule has 1 N–H and O–H groups in total. The second kappa shape index (κ2) is 6.74. The second-order valence-corrected chi connectivity index (χ2v) is 6.28. The van der Waals surface area contributed by atoms with E-state index in [2.05, 4.69) is 10.5 Å². The van der Waals surface area contributed by atoms with Gasteiger partial charge in [0.25, 0.3) is 5.91 Å². The van der Waals surface area contributed by atoms with Gasteiger partial charge in [-0.05, 0) is 39.8 Å². The lowest BCUT2D eigenvalue weighted by atomic mass is 10.1. The van der Waals surface area contributed by atoms with E-state index in [9.17, 15) is 13.6 Å². The average molecular weight is 359 g/mol. The molecular formula is C19H19F2N3O2. The maximum Gasteiger partial charge on any atom is 0.253 e. The average Bonchev–Trinajstić information content (AvgIpc) is 3.10. The van der Waals surface area contributed by atoms with Gasteiger partial charge in [0.1, 0.15) is 17.4 Å². The number of benzene rings is 1. The van der Waals surface area contributed by atoms with Gasteiger partial charge in [0.15, 0.2) is 5.82 Å². The Morgan fingerprint density at radius 1 is 1.19 bits per heavy atom. The van der Waals surface area contributed by atoms with Crippen molar-refractivity contribution in [3.05, 3.63) is 70.2 Å². The predicted molar refractivity (Wildman–Crippen MR) is 92.3 cm³/mol. The Morgan fingerprint density at radius 3 is 2.54 bits per heavy atom. The van der Waals surface area contributed by atoms with E-state index < -0.39 is 17.7 Å². The number of carbonyl (C=O) groups is 1. The van der Waals surface area contributed by atoms with Crippen LogP contribution < -0.4 is 5.32 Å². The van der Waals surface area contributed by atoms with Crippen LogP contribution in [0.4, 0.5) is 8.78 Å². The van der Waals surface area contributed by atoms with Crippen LogP contribution in [0.25, 0.3) is 5.82 Å². The lowest BCUT2D eigenvalue weighted by molar-refractivity contribution is 0.0938. The van der Waals surface area contributed by atoms with Crippen molar-refractivity contribution in [2.24, 2.45) is 0 Å². The first kappa shape index (κ1) is 17.8. The SMILES string of the molecule is Cc1cc(-n2c(C)cc(C(=O)NC(C)c3ccc(F)cc3F)c2C)no1. The molecule has 0 fully saturated rings. The van der Waals surface area contributed by atoms with E-state index >= 15 is 0 Å². The number of nitrogens with one attached hydrogen (secondary N) is 1. The summed E-state index contributed by atoms with van der Waals surface area (Å²) in [5.41, 5.74) is 2.19. The molecule has 1 atom stereocenters. The third kappa shape index (κ3) is 3.24. The van der Waals surface area contributed by atoms with Crippen molar-refractivity contribution >= 4 is 5.91 Å². The highest BCUT2D eigenvalue weighted by atomic mass is 19.1. The Bertz CT molecular complexity index is 975. The van der Waals surface area contributed by atoms with E-state index in [0.717, 1.165) is 11.8 Å². The van der Waals surface area contributed by atoms with E-state index in [1.54, 1.807) is 32.9 Å². The quantitative estimate of drug-likeness (QED) is 0.761. The summed E-state index contributed by atoms with van der Waals surface area (Å²) >= 11 is 0. The van der Waals surface area contributed by atoms with Crippen LogP contribution in [0.5, 0.6) is 0 Å². The van der Waals surface area contributed by atoms with Gasteiger partial charge in [0, 0.05) is 29.1 Å². The summed E-state index contributed by atoms with van der Waals surface area (Å²) in [6, 6.07) is 6.20. The molecule has 0 aliphatic carbocycles. The summed E-state index contributed by atoms with van der Waals surface area (Å²) in [6.07, 6.45) is 0. The van der Waals surface area contributed by atoms with Crippen LogP contribution in [0.3, 0.4) is 0 Å². The Balaban J connectivity index is 1.86. The Labute approximate surface area is 149 Å². The van der Waals surface area contributed by atoms with Gasteiger partial charge >= 0.3 is 0 Å². The molecule has 1 aromatic carbocycles. The van der Waals surface area contributed by atoms with Gasteiger partial charge in [-0.3, -0.25) is 9.36 Å². The number of nitrogens with zero attached hydrogens (tertiary/aromatic N) is 2. The number of amides is 1. The molecule has 0 radical (unpaired) electrons. The van der Waals surface area contributed by atoms with Crippen molar-refractivity contribution in [2.45, 2.75) is 33.7 Å². The van der Waals surface area contributed by atoms with E-state index in [1.807, 2.05) is 11.5 Å². The minimum atomic E-state index is -0.693. The normalized spacial score (nSPS) is 12.2. The standard InChI is InChI=1S/C19H19F2N3O2/c1-10-7-16(13(4)24(10)18-8-11(2)26-23-18)19(25)22-12(3)15-6-5-14(20)9-17(15)21/h5-9,12H,1-4H3,(H,22,25). The fraction of sp³-hybridized carbons (Fsp3) is 0.263. The fourth-order valence-corrected chi connectivity index (χ4v) is 3.01. The van der Waals surface area contributed by atoms with Gasteiger partial charge in [-0.15, -0.1) is 0 Å². The molecule has 7 heteroatoms. The van der Waals surface area contributed by atoms with Crippen molar-refractivity contribution in [3.8, 4) is 5.82 Å². The summed E-state index contributed by atoms with van der Waals surface area (Å²) in [7, 11) is 0. The van der Waals surface area contributed by atoms with Gasteiger partial charge in [-0.25, -0.2) is 8.78 Å². The van der Waals surface area contributed by atoms with Crippen molar-refractivity contribution in [3.63, 3.8) is 0 Å². The van der Waals surface area contributed by atoms with E-state index in [1.165, 1.54) is 12.1 Å². The number of aryl methyl sites for hydroxylation is 2. The van der Waals surface area contributed by atoms with Crippen LogP contribution in [0, 0.1) is 32.4 Å². The Kier molecular flexibility index (Phi) is 4.63. The van der Waals surface area contributed by atoms with E-state index in [4.69, 9.17) is 4.52 Å². The van der Waals surface area contributed by atoms with Gasteiger partial charge in [0.2, 0.25) is 0 Å². The first-order valence-electron chi connectivity index (χ1n) is 8.16. The molecule has 2 aromatic heterocycles. The van der Waals surface area contributed by atoms with Crippen LogP contribution in [0.15, 0.2) is 34.9 Å². The molecule has 1 amide bonds. The minimum absolute atomic E-state index is 0.223. The molecule has 5 nitrogen and oxygen atoms in total. The van der Waals surface area contributed by atoms with Gasteiger partial charge in [-0.2, -0.15) is 0 Å². The van der Waals surface area contributed by atoms with Crippen molar-refractivity contribution in [1.29, 1.82) is 0 Å². The number of rotatable bonds is 4. The molecule has 0 saturated carbocycles. The van der Waals surface area contributed by atoms with Crippen molar-refractivity contribution in [1.82, 2.24) is 15.0 Å². The van der Waals surface area contributed by atoms with E-state index in [0.29, 0.717) is 22.8 Å². The summed E-state index contributed by atoms with van der Waals surface area (Å²) in [5.74, 6) is -0.438. The Morgan fingerprint density at radius 2 is 1.92 bits per heavy atom. The smallest absolute Gasteiger partial charge is 0.253 e. The Hall–Kier alpha value is -2.96. The molecule has 3 rings (SSSR count). The predicted octanol–water partition coefficient (Wildman–Crippen LogP) is 4.16. The van der Waals surface area contributed by atoms with Gasteiger partial charge in [-0.1, -0.05) is 11.2 Å². The molecular weight excluding hydrogens is 340 g/mol. The lowest BCUT2D eigenvalue weighted by Crippen LogP contribution is -2.27. The van der Waals surface area contributed by atoms with Crippen LogP contribution in [-0.2, 0) is 0 Å². The fourth-order valence-electron chi connectivity index (χ4n) is 3.01. The summed E-state index contributed by atoms with van der Waals surface area (Å²) < 4.78 is 33.9. The molecule has 26 heavy (non-hydrogen) atoms. The molecule has 3 aromatic rings. The first-order chi connectivity index (χ1) is 12.3. The monoisotopic (exact) mass is 359 g/mol. The number of carbonyl (C=O) groups excluding carboxylic acids is 1. The van der Waals surface area contributed by atoms with Gasteiger partial charge in [0.05, 0.1) is 11.6 Å². The zero-order valence-electron chi connectivity index (χ0n) is 14.9. The third-order valence-electron chi connectivity index (χ3n) is 4.30. The molecule has 0 bridgehead atoms. The van der Waals surface area contributed by atoms with Crippen LogP contribution in [-0.4, -0.2) is 15.6 Å². The molecule has 0 aliphatic heterocycles. The minimum Gasteiger partial charge on any atom is -0.360 e. The van der Waals surface area contributed by atoms with Crippen molar-refractivity contribution in [2.75, 3.05) is 0 Å². The van der Waals surface area contributed by atoms with Gasteiger partial charge < -0.3 is 9.84 Å². The zero-order chi connectivity index (χ0) is 19.0. The lowest BCUT2D eigenvalue weighted by Gasteiger charge is -2.15. The zero-order valence-corrected chi connectivity index (χ0v) is 14.9. The van der Waals surface area contributed by atoms with Crippen LogP contribution in [0.1, 0.15) is 46.0 Å². The molecule has 0 saturated heterocycles. The summed E-state index contributed by atoms with van der Waals surface area (Å²) in [5, 5.41) is 6.73. The molecule has 1 unspecified atom stereocenters. The highest BCUT2D eigenvalue weighted by Crippen LogP contribution is 2.23. The van der Waals surface area contributed by atoms with Crippen LogP contribution >= 0.6 is 0 Å². The largest absolute Gasteiger partial charge is 0.360 e. The number of aromatic nitrogens is 2. The maximum atomic E-state index is 13.9. The summed E-state index contributed by atoms with van der Waals surface area (Å²) in [6.45, 7) is 7.09. The number of hydrogen-bond acceptors (Lipinski definition) is 3. The number of hydrogen-bond donors (Lipinski definition) is 1. The van der Waals surface area contributed by atoms with E-state index in [-0.39, 0.29) is 11.5 Å². The highest BCUT2D eigenvalue weighted by Gasteiger charge is 2.21. The maximum absolute atomic E-state index is 13.9. The second-order valence-electron chi connectivity index (χ2n) is 6.28. The summed E-state index contributed by atoms with van der Waals surface area (Å²) in [4.78, 5) is 12.7.